The van der Waals surface area contributed by atoms with Gasteiger partial charge in [0.25, 0.3) is 0 Å². The molecule has 2 aromatic rings. The number of nitrogens with one attached hydrogen (secondary N) is 1. The molecule has 0 spiro atoms. The number of carbonyl (C=O) groups excluding carboxylic acids is 1. The molecule has 0 aromatic heterocycles. The summed E-state index contributed by atoms with van der Waals surface area (Å²) < 4.78 is 5.45. The standard InChI is InChI=1S/C25H29N3O2/c1-24(2)21-5-3-4-6-22(21)28-14-12-23(29)26-25(24,28)13-11-19-7-9-20(10-8-19)27-15-17-30-18-16-27/h3-11,13H,12,14-18H2,1-2H3,(H,26,29)/b13-11+/t25-/m0/s1. The maximum atomic E-state index is 12.5. The highest BCUT2D eigenvalue weighted by molar-refractivity contribution is 5.84. The Kier molecular flexibility index (Phi) is 4.58. The van der Waals surface area contributed by atoms with Crippen LogP contribution in [0.1, 0.15) is 31.4 Å². The first-order valence-electron chi connectivity index (χ1n) is 10.8. The summed E-state index contributed by atoms with van der Waals surface area (Å²) in [6.07, 6.45) is 4.86. The summed E-state index contributed by atoms with van der Waals surface area (Å²) in [6.45, 7) is 8.63. The highest BCUT2D eigenvalue weighted by Crippen LogP contribution is 2.52. The number of para-hydroxylation sites is 1. The van der Waals surface area contributed by atoms with E-state index in [1.165, 1.54) is 16.9 Å². The van der Waals surface area contributed by atoms with Crippen LogP contribution in [0.3, 0.4) is 0 Å². The van der Waals surface area contributed by atoms with Crippen LogP contribution in [0.2, 0.25) is 0 Å². The quantitative estimate of drug-likeness (QED) is 0.851. The Morgan fingerprint density at radius 3 is 2.50 bits per heavy atom. The van der Waals surface area contributed by atoms with Crippen molar-refractivity contribution in [1.82, 2.24) is 5.32 Å². The second-order valence-corrected chi connectivity index (χ2v) is 8.88. The van der Waals surface area contributed by atoms with E-state index in [0.29, 0.717) is 6.42 Å². The number of benzene rings is 2. The number of carbonyl (C=O) groups is 1. The number of ether oxygens (including phenoxy) is 1. The van der Waals surface area contributed by atoms with Crippen LogP contribution >= 0.6 is 0 Å². The first-order chi connectivity index (χ1) is 14.5. The summed E-state index contributed by atoms with van der Waals surface area (Å²) in [4.78, 5) is 17.2. The molecule has 0 bridgehead atoms. The van der Waals surface area contributed by atoms with E-state index in [2.05, 4.69) is 89.6 Å². The maximum Gasteiger partial charge on any atom is 0.223 e. The Morgan fingerprint density at radius 1 is 1.00 bits per heavy atom. The molecule has 0 radical (unpaired) electrons. The van der Waals surface area contributed by atoms with Crippen molar-refractivity contribution in [2.45, 2.75) is 31.3 Å². The lowest BCUT2D eigenvalue weighted by atomic mass is 9.74. The molecule has 5 rings (SSSR count). The van der Waals surface area contributed by atoms with Crippen LogP contribution in [0.15, 0.2) is 54.6 Å². The van der Waals surface area contributed by atoms with Gasteiger partial charge in [-0.3, -0.25) is 4.79 Å². The Hall–Kier alpha value is -2.79. The summed E-state index contributed by atoms with van der Waals surface area (Å²) in [5.74, 6) is 0.111. The third-order valence-electron chi connectivity index (χ3n) is 6.93. The van der Waals surface area contributed by atoms with Gasteiger partial charge >= 0.3 is 0 Å². The van der Waals surface area contributed by atoms with Crippen LogP contribution in [0.5, 0.6) is 0 Å². The molecule has 3 aliphatic rings. The second kappa shape index (κ2) is 7.17. The van der Waals surface area contributed by atoms with Gasteiger partial charge in [-0.1, -0.05) is 50.3 Å². The average molecular weight is 404 g/mol. The normalized spacial score (nSPS) is 25.2. The summed E-state index contributed by atoms with van der Waals surface area (Å²) in [6, 6.07) is 17.2. The molecule has 2 aromatic carbocycles. The van der Waals surface area contributed by atoms with Gasteiger partial charge in [0.2, 0.25) is 5.91 Å². The molecule has 0 saturated carbocycles. The van der Waals surface area contributed by atoms with Gasteiger partial charge < -0.3 is 19.9 Å². The van der Waals surface area contributed by atoms with Gasteiger partial charge in [0.05, 0.1) is 13.2 Å². The monoisotopic (exact) mass is 403 g/mol. The van der Waals surface area contributed by atoms with E-state index >= 15 is 0 Å². The Bertz CT molecular complexity index is 976. The van der Waals surface area contributed by atoms with Crippen LogP contribution in [0, 0.1) is 0 Å². The van der Waals surface area contributed by atoms with Crippen LogP contribution in [0.25, 0.3) is 6.08 Å². The molecule has 5 heteroatoms. The minimum absolute atomic E-state index is 0.111. The Labute approximate surface area is 178 Å². The van der Waals surface area contributed by atoms with Crippen molar-refractivity contribution in [1.29, 1.82) is 0 Å². The molecule has 3 heterocycles. The number of fused-ring (bicyclic) bond motifs is 3. The van der Waals surface area contributed by atoms with Gasteiger partial charge in [-0.2, -0.15) is 0 Å². The number of hydrogen-bond acceptors (Lipinski definition) is 4. The summed E-state index contributed by atoms with van der Waals surface area (Å²) in [7, 11) is 0. The lowest BCUT2D eigenvalue weighted by Crippen LogP contribution is -2.68. The lowest BCUT2D eigenvalue weighted by molar-refractivity contribution is -0.124. The van der Waals surface area contributed by atoms with Crippen molar-refractivity contribution in [2.24, 2.45) is 0 Å². The van der Waals surface area contributed by atoms with Crippen molar-refractivity contribution >= 4 is 23.4 Å². The van der Waals surface area contributed by atoms with Gasteiger partial charge in [-0.05, 0) is 35.4 Å². The van der Waals surface area contributed by atoms with Gasteiger partial charge in [0.1, 0.15) is 5.66 Å². The minimum atomic E-state index is -0.561. The van der Waals surface area contributed by atoms with Crippen molar-refractivity contribution < 1.29 is 9.53 Å². The summed E-state index contributed by atoms with van der Waals surface area (Å²) >= 11 is 0. The van der Waals surface area contributed by atoms with Crippen molar-refractivity contribution in [2.75, 3.05) is 42.6 Å². The molecule has 1 amide bonds. The first kappa shape index (κ1) is 19.2. The topological polar surface area (TPSA) is 44.8 Å². The molecule has 1 N–H and O–H groups in total. The minimum Gasteiger partial charge on any atom is -0.378 e. The van der Waals surface area contributed by atoms with Crippen molar-refractivity contribution in [3.63, 3.8) is 0 Å². The molecule has 0 unspecified atom stereocenters. The first-order valence-corrected chi connectivity index (χ1v) is 10.8. The molecule has 2 fully saturated rings. The zero-order valence-corrected chi connectivity index (χ0v) is 17.7. The van der Waals surface area contributed by atoms with Gasteiger partial charge in [-0.15, -0.1) is 0 Å². The molecule has 3 aliphatic heterocycles. The van der Waals surface area contributed by atoms with Gasteiger partial charge in [-0.25, -0.2) is 0 Å². The highest BCUT2D eigenvalue weighted by Gasteiger charge is 2.57. The summed E-state index contributed by atoms with van der Waals surface area (Å²) in [5.41, 5.74) is 4.05. The molecule has 30 heavy (non-hydrogen) atoms. The van der Waals surface area contributed by atoms with Crippen molar-refractivity contribution in [3.05, 3.63) is 65.7 Å². The van der Waals surface area contributed by atoms with E-state index in [4.69, 9.17) is 4.74 Å². The molecule has 2 saturated heterocycles. The molecular formula is C25H29N3O2. The number of nitrogens with zero attached hydrogens (tertiary/aromatic N) is 2. The number of hydrogen-bond donors (Lipinski definition) is 1. The van der Waals surface area contributed by atoms with E-state index in [-0.39, 0.29) is 11.3 Å². The number of amides is 1. The Balaban J connectivity index is 1.47. The van der Waals surface area contributed by atoms with Gasteiger partial charge in [0, 0.05) is 42.8 Å². The fourth-order valence-corrected chi connectivity index (χ4v) is 5.15. The zero-order valence-electron chi connectivity index (χ0n) is 17.7. The Morgan fingerprint density at radius 2 is 1.73 bits per heavy atom. The summed E-state index contributed by atoms with van der Waals surface area (Å²) in [5, 5.41) is 3.34. The highest BCUT2D eigenvalue weighted by atomic mass is 16.5. The smallest absolute Gasteiger partial charge is 0.223 e. The zero-order chi connectivity index (χ0) is 20.8. The molecule has 156 valence electrons. The van der Waals surface area contributed by atoms with E-state index in [1.54, 1.807) is 0 Å². The molecule has 5 nitrogen and oxygen atoms in total. The fourth-order valence-electron chi connectivity index (χ4n) is 5.15. The average Bonchev–Trinajstić information content (AvgIpc) is 2.97. The van der Waals surface area contributed by atoms with E-state index in [9.17, 15) is 4.79 Å². The predicted molar refractivity (Wildman–Crippen MR) is 121 cm³/mol. The van der Waals surface area contributed by atoms with Crippen LogP contribution in [-0.4, -0.2) is 44.4 Å². The van der Waals surface area contributed by atoms with Crippen LogP contribution < -0.4 is 15.1 Å². The lowest BCUT2D eigenvalue weighted by Gasteiger charge is -2.49. The maximum absolute atomic E-state index is 12.5. The largest absolute Gasteiger partial charge is 0.378 e. The number of anilines is 2. The third-order valence-corrected chi connectivity index (χ3v) is 6.93. The SMILES string of the molecule is CC1(C)c2ccccc2N2CCC(=O)N[C@@]21/C=C/c1ccc(N2CCOCC2)cc1. The number of morpholine rings is 1. The van der Waals surface area contributed by atoms with Crippen LogP contribution in [-0.2, 0) is 14.9 Å². The van der Waals surface area contributed by atoms with Gasteiger partial charge in [0.15, 0.2) is 0 Å². The molecule has 1 atom stereocenters. The van der Waals surface area contributed by atoms with E-state index in [1.807, 2.05) is 0 Å². The fraction of sp³-hybridized carbons (Fsp3) is 0.400. The predicted octanol–water partition coefficient (Wildman–Crippen LogP) is 3.55. The molecule has 0 aliphatic carbocycles. The second-order valence-electron chi connectivity index (χ2n) is 8.88. The third kappa shape index (κ3) is 2.91. The number of rotatable bonds is 3. The van der Waals surface area contributed by atoms with E-state index < -0.39 is 5.66 Å². The van der Waals surface area contributed by atoms with Crippen LogP contribution in [0.4, 0.5) is 11.4 Å². The van der Waals surface area contributed by atoms with Crippen molar-refractivity contribution in [3.8, 4) is 0 Å². The van der Waals surface area contributed by atoms with E-state index in [0.717, 1.165) is 38.4 Å². The molecular weight excluding hydrogens is 374 g/mol.